The summed E-state index contributed by atoms with van der Waals surface area (Å²) < 4.78 is 18.5. The average molecular weight is 312 g/mol. The van der Waals surface area contributed by atoms with E-state index in [1.54, 1.807) is 30.4 Å². The molecule has 0 saturated carbocycles. The first kappa shape index (κ1) is 14.8. The van der Waals surface area contributed by atoms with Crippen molar-refractivity contribution in [2.24, 2.45) is 0 Å². The Hall–Kier alpha value is -3.15. The molecule has 0 amide bonds. The van der Waals surface area contributed by atoms with Crippen molar-refractivity contribution in [3.05, 3.63) is 59.0 Å². The highest BCUT2D eigenvalue weighted by Crippen LogP contribution is 2.32. The minimum absolute atomic E-state index is 0.0572. The highest BCUT2D eigenvalue weighted by Gasteiger charge is 2.17. The van der Waals surface area contributed by atoms with Crippen molar-refractivity contribution in [3.63, 3.8) is 0 Å². The van der Waals surface area contributed by atoms with Gasteiger partial charge in [0.25, 0.3) is 0 Å². The van der Waals surface area contributed by atoms with Gasteiger partial charge in [-0.1, -0.05) is 18.2 Å². The molecule has 2 N–H and O–H groups in total. The lowest BCUT2D eigenvalue weighted by Crippen LogP contribution is -2.00. The monoisotopic (exact) mass is 312 g/mol. The van der Waals surface area contributed by atoms with Crippen molar-refractivity contribution >= 4 is 29.0 Å². The maximum atomic E-state index is 13.2. The molecule has 0 aliphatic heterocycles. The van der Waals surface area contributed by atoms with Crippen LogP contribution in [0.4, 0.5) is 4.39 Å². The van der Waals surface area contributed by atoms with Crippen LogP contribution in [-0.4, -0.2) is 28.4 Å². The highest BCUT2D eigenvalue weighted by atomic mass is 19.1. The van der Waals surface area contributed by atoms with E-state index in [-0.39, 0.29) is 17.1 Å². The number of rotatable bonds is 4. The van der Waals surface area contributed by atoms with Crippen LogP contribution in [0.1, 0.15) is 21.6 Å². The number of nitrogens with one attached hydrogen (secondary N) is 1. The van der Waals surface area contributed by atoms with Crippen molar-refractivity contribution in [1.29, 1.82) is 0 Å². The molecule has 5 nitrogen and oxygen atoms in total. The van der Waals surface area contributed by atoms with E-state index in [0.29, 0.717) is 22.2 Å². The lowest BCUT2D eigenvalue weighted by Gasteiger charge is -2.06. The van der Waals surface area contributed by atoms with Gasteiger partial charge in [0.1, 0.15) is 17.1 Å². The molecule has 3 aromatic rings. The number of carboxylic acids is 1. The van der Waals surface area contributed by atoms with E-state index < -0.39 is 5.97 Å². The molecule has 0 radical (unpaired) electrons. The first-order chi connectivity index (χ1) is 11.1. The molecule has 6 heteroatoms. The number of ether oxygens (including phenoxy) is 1. The van der Waals surface area contributed by atoms with E-state index in [2.05, 4.69) is 10.2 Å². The van der Waals surface area contributed by atoms with Gasteiger partial charge < -0.3 is 9.84 Å². The molecule has 2 aromatic carbocycles. The van der Waals surface area contributed by atoms with Crippen LogP contribution < -0.4 is 4.74 Å². The summed E-state index contributed by atoms with van der Waals surface area (Å²) in [6.45, 7) is 0. The zero-order chi connectivity index (χ0) is 16.4. The first-order valence-electron chi connectivity index (χ1n) is 6.82. The van der Waals surface area contributed by atoms with E-state index in [1.807, 2.05) is 0 Å². The lowest BCUT2D eigenvalue weighted by molar-refractivity contribution is 0.0693. The second-order valence-corrected chi connectivity index (χ2v) is 4.87. The SMILES string of the molecule is COc1c(C(=O)O)ccc2[nH]nc(/C=C/c3cccc(F)c3)c12. The number of H-pyrrole nitrogens is 1. The molecule has 1 heterocycles. The van der Waals surface area contributed by atoms with Crippen LogP contribution in [0.15, 0.2) is 36.4 Å². The average Bonchev–Trinajstić information content (AvgIpc) is 2.95. The molecule has 23 heavy (non-hydrogen) atoms. The molecular formula is C17H13FN2O3. The number of fused-ring (bicyclic) bond motifs is 1. The minimum Gasteiger partial charge on any atom is -0.495 e. The maximum absolute atomic E-state index is 13.2. The Balaban J connectivity index is 2.11. The van der Waals surface area contributed by atoms with Crippen LogP contribution >= 0.6 is 0 Å². The minimum atomic E-state index is -1.08. The summed E-state index contributed by atoms with van der Waals surface area (Å²) in [5, 5.41) is 16.8. The zero-order valence-electron chi connectivity index (χ0n) is 12.2. The van der Waals surface area contributed by atoms with E-state index in [0.717, 1.165) is 0 Å². The third-order valence-electron chi connectivity index (χ3n) is 3.43. The molecule has 3 rings (SSSR count). The second kappa shape index (κ2) is 5.92. The van der Waals surface area contributed by atoms with Crippen molar-refractivity contribution in [2.75, 3.05) is 7.11 Å². The number of aromatic nitrogens is 2. The van der Waals surface area contributed by atoms with Crippen LogP contribution in [0.2, 0.25) is 0 Å². The molecule has 0 unspecified atom stereocenters. The summed E-state index contributed by atoms with van der Waals surface area (Å²) in [5.74, 6) is -1.17. The lowest BCUT2D eigenvalue weighted by atomic mass is 10.1. The van der Waals surface area contributed by atoms with Crippen molar-refractivity contribution in [1.82, 2.24) is 10.2 Å². The third kappa shape index (κ3) is 2.78. The summed E-state index contributed by atoms with van der Waals surface area (Å²) in [4.78, 5) is 11.3. The number of halogens is 1. The van der Waals surface area contributed by atoms with E-state index in [4.69, 9.17) is 4.74 Å². The number of carboxylic acid groups (broad SMARTS) is 1. The molecule has 0 aliphatic rings. The Kier molecular flexibility index (Phi) is 3.80. The molecule has 1 aromatic heterocycles. The van der Waals surface area contributed by atoms with Crippen molar-refractivity contribution in [3.8, 4) is 5.75 Å². The van der Waals surface area contributed by atoms with Gasteiger partial charge >= 0.3 is 5.97 Å². The molecule has 0 saturated heterocycles. The van der Waals surface area contributed by atoms with Crippen molar-refractivity contribution in [2.45, 2.75) is 0 Å². The Labute approximate surface area is 131 Å². The number of hydrogen-bond acceptors (Lipinski definition) is 3. The van der Waals surface area contributed by atoms with Gasteiger partial charge in [-0.2, -0.15) is 5.10 Å². The number of hydrogen-bond donors (Lipinski definition) is 2. The Morgan fingerprint density at radius 2 is 2.13 bits per heavy atom. The highest BCUT2D eigenvalue weighted by molar-refractivity contribution is 6.02. The standard InChI is InChI=1S/C17H13FN2O3/c1-23-16-12(17(21)22)6-8-14-15(16)13(19-20-14)7-5-10-3-2-4-11(18)9-10/h2-9H,1H3,(H,19,20)(H,21,22)/b7-5+. The molecule has 0 atom stereocenters. The van der Waals surface area contributed by atoms with Crippen LogP contribution in [0.3, 0.4) is 0 Å². The largest absolute Gasteiger partial charge is 0.495 e. The molecular weight excluding hydrogens is 299 g/mol. The number of aromatic amines is 1. The summed E-state index contributed by atoms with van der Waals surface area (Å²) in [5.41, 5.74) is 1.91. The van der Waals surface area contributed by atoms with Gasteiger partial charge in [0, 0.05) is 0 Å². The van der Waals surface area contributed by atoms with Gasteiger partial charge in [-0.3, -0.25) is 5.10 Å². The Morgan fingerprint density at radius 1 is 1.30 bits per heavy atom. The summed E-state index contributed by atoms with van der Waals surface area (Å²) in [6, 6.07) is 9.22. The Bertz CT molecular complexity index is 915. The topological polar surface area (TPSA) is 75.2 Å². The number of benzene rings is 2. The molecule has 0 fully saturated rings. The molecule has 0 aliphatic carbocycles. The summed E-state index contributed by atoms with van der Waals surface area (Å²) >= 11 is 0. The Morgan fingerprint density at radius 3 is 2.83 bits per heavy atom. The quantitative estimate of drug-likeness (QED) is 0.772. The zero-order valence-corrected chi connectivity index (χ0v) is 12.2. The van der Waals surface area contributed by atoms with Crippen molar-refractivity contribution < 1.29 is 19.0 Å². The van der Waals surface area contributed by atoms with Crippen LogP contribution in [0.25, 0.3) is 23.1 Å². The van der Waals surface area contributed by atoms with Gasteiger partial charge in [-0.25, -0.2) is 9.18 Å². The van der Waals surface area contributed by atoms with Gasteiger partial charge in [-0.15, -0.1) is 0 Å². The van der Waals surface area contributed by atoms with E-state index in [1.165, 1.54) is 25.3 Å². The number of carbonyl (C=O) groups is 1. The maximum Gasteiger partial charge on any atom is 0.339 e. The third-order valence-corrected chi connectivity index (χ3v) is 3.43. The summed E-state index contributed by atoms with van der Waals surface area (Å²) in [6.07, 6.45) is 3.38. The molecule has 116 valence electrons. The first-order valence-corrected chi connectivity index (χ1v) is 6.82. The fourth-order valence-corrected chi connectivity index (χ4v) is 2.39. The number of nitrogens with zero attached hydrogens (tertiary/aromatic N) is 1. The predicted octanol–water partition coefficient (Wildman–Crippen LogP) is 3.58. The molecule has 0 spiro atoms. The normalized spacial score (nSPS) is 11.2. The van der Waals surface area contributed by atoms with Gasteiger partial charge in [-0.05, 0) is 35.9 Å². The van der Waals surface area contributed by atoms with Crippen LogP contribution in [-0.2, 0) is 0 Å². The second-order valence-electron chi connectivity index (χ2n) is 4.87. The smallest absolute Gasteiger partial charge is 0.339 e. The summed E-state index contributed by atoms with van der Waals surface area (Å²) in [7, 11) is 1.41. The number of aromatic carboxylic acids is 1. The predicted molar refractivity (Wildman–Crippen MR) is 84.9 cm³/mol. The fraction of sp³-hybridized carbons (Fsp3) is 0.0588. The van der Waals surface area contributed by atoms with Gasteiger partial charge in [0.2, 0.25) is 0 Å². The molecule has 0 bridgehead atoms. The van der Waals surface area contributed by atoms with Gasteiger partial charge in [0.15, 0.2) is 0 Å². The van der Waals surface area contributed by atoms with Crippen LogP contribution in [0, 0.1) is 5.82 Å². The van der Waals surface area contributed by atoms with E-state index >= 15 is 0 Å². The van der Waals surface area contributed by atoms with E-state index in [9.17, 15) is 14.3 Å². The fourth-order valence-electron chi connectivity index (χ4n) is 2.39. The van der Waals surface area contributed by atoms with Crippen LogP contribution in [0.5, 0.6) is 5.75 Å². The number of methoxy groups -OCH3 is 1. The van der Waals surface area contributed by atoms with Gasteiger partial charge in [0.05, 0.1) is 23.7 Å².